The molecule has 0 saturated carbocycles. The average Bonchev–Trinajstić information content (AvgIpc) is 2.92. The fourth-order valence-corrected chi connectivity index (χ4v) is 2.20. The van der Waals surface area contributed by atoms with Crippen molar-refractivity contribution in [2.45, 2.75) is 20.4 Å². The van der Waals surface area contributed by atoms with Gasteiger partial charge in [0.15, 0.2) is 0 Å². The van der Waals surface area contributed by atoms with Crippen LogP contribution in [0.2, 0.25) is 0 Å². The summed E-state index contributed by atoms with van der Waals surface area (Å²) in [5.41, 5.74) is 0. The second-order valence-electron chi connectivity index (χ2n) is 4.85. The van der Waals surface area contributed by atoms with E-state index in [4.69, 9.17) is 9.52 Å². The van der Waals surface area contributed by atoms with Gasteiger partial charge in [-0.05, 0) is 12.8 Å². The van der Waals surface area contributed by atoms with Gasteiger partial charge in [-0.25, -0.2) is 9.78 Å². The third-order valence-corrected chi connectivity index (χ3v) is 3.28. The maximum Gasteiger partial charge on any atom is 0.317 e. The minimum absolute atomic E-state index is 0.0350. The largest absolute Gasteiger partial charge is 0.481 e. The summed E-state index contributed by atoms with van der Waals surface area (Å²) in [6.07, 6.45) is 1.58. The normalized spacial score (nSPS) is 22.5. The van der Waals surface area contributed by atoms with Gasteiger partial charge in [0.05, 0.1) is 18.7 Å². The molecular formula is C12H17N3O4. The van der Waals surface area contributed by atoms with Crippen molar-refractivity contribution in [2.75, 3.05) is 13.1 Å². The van der Waals surface area contributed by atoms with Crippen LogP contribution in [0.1, 0.15) is 18.6 Å². The molecule has 7 heteroatoms. The van der Waals surface area contributed by atoms with Crippen LogP contribution in [-0.2, 0) is 11.3 Å². The molecule has 2 rings (SSSR count). The summed E-state index contributed by atoms with van der Waals surface area (Å²) in [6, 6.07) is -0.286. The highest BCUT2D eigenvalue weighted by Crippen LogP contribution is 2.23. The quantitative estimate of drug-likeness (QED) is 0.846. The summed E-state index contributed by atoms with van der Waals surface area (Å²) in [7, 11) is 0. The Labute approximate surface area is 110 Å². The van der Waals surface area contributed by atoms with Gasteiger partial charge in [-0.2, -0.15) is 0 Å². The number of aliphatic carboxylic acids is 1. The molecule has 1 saturated heterocycles. The van der Waals surface area contributed by atoms with Gasteiger partial charge in [0.2, 0.25) is 5.89 Å². The van der Waals surface area contributed by atoms with Crippen LogP contribution in [0.3, 0.4) is 0 Å². The summed E-state index contributed by atoms with van der Waals surface area (Å²) in [6.45, 7) is 4.51. The van der Waals surface area contributed by atoms with Crippen LogP contribution in [0.5, 0.6) is 0 Å². The Balaban J connectivity index is 1.86. The number of urea groups is 1. The number of aromatic nitrogens is 1. The first-order chi connectivity index (χ1) is 8.97. The Morgan fingerprint density at radius 3 is 2.84 bits per heavy atom. The molecule has 1 aromatic rings. The summed E-state index contributed by atoms with van der Waals surface area (Å²) >= 11 is 0. The van der Waals surface area contributed by atoms with E-state index in [2.05, 4.69) is 10.3 Å². The predicted molar refractivity (Wildman–Crippen MR) is 65.3 cm³/mol. The molecule has 1 aliphatic heterocycles. The van der Waals surface area contributed by atoms with E-state index >= 15 is 0 Å². The fraction of sp³-hybridized carbons (Fsp3) is 0.583. The van der Waals surface area contributed by atoms with E-state index in [1.807, 2.05) is 6.92 Å². The molecule has 0 bridgehead atoms. The Bertz CT molecular complexity index is 485. The van der Waals surface area contributed by atoms with Crippen LogP contribution in [0.25, 0.3) is 0 Å². The number of carboxylic acid groups (broad SMARTS) is 1. The molecule has 104 valence electrons. The smallest absolute Gasteiger partial charge is 0.317 e. The number of hydrogen-bond acceptors (Lipinski definition) is 4. The number of nitrogens with zero attached hydrogens (tertiary/aromatic N) is 2. The number of carbonyl (C=O) groups excluding carboxylic acids is 1. The number of aryl methyl sites for hydroxylation is 1. The predicted octanol–water partition coefficient (Wildman–Crippen LogP) is 0.845. The van der Waals surface area contributed by atoms with Gasteiger partial charge >= 0.3 is 12.0 Å². The lowest BCUT2D eigenvalue weighted by molar-refractivity contribution is -0.142. The molecule has 0 aromatic carbocycles. The van der Waals surface area contributed by atoms with Gasteiger partial charge in [0.25, 0.3) is 0 Å². The number of likely N-dealkylation sites (tertiary alicyclic amines) is 1. The van der Waals surface area contributed by atoms with E-state index in [0.29, 0.717) is 18.2 Å². The molecule has 2 N–H and O–H groups in total. The van der Waals surface area contributed by atoms with Crippen molar-refractivity contribution < 1.29 is 19.1 Å². The topological polar surface area (TPSA) is 95.7 Å². The summed E-state index contributed by atoms with van der Waals surface area (Å²) in [5, 5.41) is 11.7. The minimum atomic E-state index is -0.855. The maximum atomic E-state index is 11.9. The van der Waals surface area contributed by atoms with Crippen molar-refractivity contribution in [1.29, 1.82) is 0 Å². The van der Waals surface area contributed by atoms with E-state index in [1.54, 1.807) is 13.1 Å². The number of carbonyl (C=O) groups is 2. The Hall–Kier alpha value is -2.05. The van der Waals surface area contributed by atoms with Gasteiger partial charge < -0.3 is 19.7 Å². The van der Waals surface area contributed by atoms with Crippen LogP contribution >= 0.6 is 0 Å². The lowest BCUT2D eigenvalue weighted by Gasteiger charge is -2.15. The first-order valence-electron chi connectivity index (χ1n) is 6.14. The maximum absolute atomic E-state index is 11.9. The Morgan fingerprint density at radius 2 is 2.32 bits per heavy atom. The first kappa shape index (κ1) is 13.4. The molecule has 2 heterocycles. The van der Waals surface area contributed by atoms with Gasteiger partial charge in [-0.15, -0.1) is 0 Å². The molecule has 0 aliphatic carbocycles. The molecule has 2 atom stereocenters. The van der Waals surface area contributed by atoms with Crippen LogP contribution in [-0.4, -0.2) is 40.1 Å². The second-order valence-corrected chi connectivity index (χ2v) is 4.85. The lowest BCUT2D eigenvalue weighted by Crippen LogP contribution is -2.38. The summed E-state index contributed by atoms with van der Waals surface area (Å²) < 4.78 is 5.24. The molecule has 1 fully saturated rings. The highest BCUT2D eigenvalue weighted by molar-refractivity contribution is 5.77. The van der Waals surface area contributed by atoms with Crippen molar-refractivity contribution in [3.8, 4) is 0 Å². The van der Waals surface area contributed by atoms with Crippen LogP contribution in [0.15, 0.2) is 10.6 Å². The van der Waals surface area contributed by atoms with E-state index in [9.17, 15) is 9.59 Å². The van der Waals surface area contributed by atoms with E-state index < -0.39 is 11.9 Å². The highest BCUT2D eigenvalue weighted by Gasteiger charge is 2.36. The van der Waals surface area contributed by atoms with Crippen LogP contribution < -0.4 is 5.32 Å². The third kappa shape index (κ3) is 3.04. The van der Waals surface area contributed by atoms with Gasteiger partial charge in [-0.3, -0.25) is 4.79 Å². The molecule has 7 nitrogen and oxygen atoms in total. The standard InChI is InChI=1S/C12H17N3O4/c1-7-5-15(6-9(7)11(16)17)12(18)14-4-10-13-3-8(2)19-10/h3,7,9H,4-6H2,1-2H3,(H,14,18)(H,16,17)/t7-,9-/m1/s1. The molecule has 1 aromatic heterocycles. The minimum Gasteiger partial charge on any atom is -0.481 e. The number of nitrogens with one attached hydrogen (secondary N) is 1. The monoisotopic (exact) mass is 267 g/mol. The Morgan fingerprint density at radius 1 is 1.58 bits per heavy atom. The van der Waals surface area contributed by atoms with E-state index in [1.165, 1.54) is 4.90 Å². The molecule has 1 aliphatic rings. The zero-order valence-electron chi connectivity index (χ0n) is 10.9. The van der Waals surface area contributed by atoms with Crippen molar-refractivity contribution in [3.63, 3.8) is 0 Å². The third-order valence-electron chi connectivity index (χ3n) is 3.28. The fourth-order valence-electron chi connectivity index (χ4n) is 2.20. The van der Waals surface area contributed by atoms with Gasteiger partial charge in [0.1, 0.15) is 5.76 Å². The number of hydrogen-bond donors (Lipinski definition) is 2. The molecule has 0 radical (unpaired) electrons. The van der Waals surface area contributed by atoms with Crippen LogP contribution in [0.4, 0.5) is 4.79 Å². The number of oxazole rings is 1. The molecule has 19 heavy (non-hydrogen) atoms. The lowest BCUT2D eigenvalue weighted by atomic mass is 9.99. The van der Waals surface area contributed by atoms with Crippen molar-refractivity contribution in [3.05, 3.63) is 17.8 Å². The van der Waals surface area contributed by atoms with Crippen molar-refractivity contribution in [2.24, 2.45) is 11.8 Å². The zero-order chi connectivity index (χ0) is 14.0. The van der Waals surface area contributed by atoms with Crippen molar-refractivity contribution >= 4 is 12.0 Å². The van der Waals surface area contributed by atoms with Gasteiger partial charge in [-0.1, -0.05) is 6.92 Å². The second kappa shape index (κ2) is 5.29. The molecule has 2 amide bonds. The Kier molecular flexibility index (Phi) is 3.73. The van der Waals surface area contributed by atoms with Crippen LogP contribution in [0, 0.1) is 18.8 Å². The SMILES string of the molecule is Cc1cnc(CNC(=O)N2C[C@@H](C)[C@H](C(=O)O)C2)o1. The summed E-state index contributed by atoms with van der Waals surface area (Å²) in [5.74, 6) is -0.258. The number of rotatable bonds is 3. The van der Waals surface area contributed by atoms with E-state index in [-0.39, 0.29) is 25.0 Å². The first-order valence-corrected chi connectivity index (χ1v) is 6.14. The highest BCUT2D eigenvalue weighted by atomic mass is 16.4. The van der Waals surface area contributed by atoms with E-state index in [0.717, 1.165) is 0 Å². The van der Waals surface area contributed by atoms with Gasteiger partial charge in [0, 0.05) is 13.1 Å². The summed E-state index contributed by atoms with van der Waals surface area (Å²) in [4.78, 5) is 28.4. The zero-order valence-corrected chi connectivity index (χ0v) is 10.9. The average molecular weight is 267 g/mol. The number of amides is 2. The van der Waals surface area contributed by atoms with Crippen molar-refractivity contribution in [1.82, 2.24) is 15.2 Å². The molecule has 0 spiro atoms. The molecule has 0 unspecified atom stereocenters. The molecular weight excluding hydrogens is 250 g/mol. The number of carboxylic acids is 1.